The Morgan fingerprint density at radius 3 is 2.67 bits per heavy atom. The molecule has 0 saturated carbocycles. The number of benzene rings is 1. The van der Waals surface area contributed by atoms with E-state index in [-0.39, 0.29) is 30.2 Å². The second-order valence-corrected chi connectivity index (χ2v) is 3.63. The Bertz CT molecular complexity index is 473. The highest BCUT2D eigenvalue weighted by atomic mass is 16.6. The molecule has 0 aromatic heterocycles. The first-order valence-electron chi connectivity index (χ1n) is 5.18. The summed E-state index contributed by atoms with van der Waals surface area (Å²) in [7, 11) is 1.47. The molecule has 0 aliphatic rings. The third kappa shape index (κ3) is 3.17. The van der Waals surface area contributed by atoms with Crippen molar-refractivity contribution in [3.8, 4) is 0 Å². The van der Waals surface area contributed by atoms with Crippen LogP contribution >= 0.6 is 0 Å². The lowest BCUT2D eigenvalue weighted by Crippen LogP contribution is -2.13. The highest BCUT2D eigenvalue weighted by molar-refractivity contribution is 5.97. The molecule has 0 fully saturated rings. The van der Waals surface area contributed by atoms with Crippen molar-refractivity contribution in [1.29, 1.82) is 0 Å². The van der Waals surface area contributed by atoms with Gasteiger partial charge in [-0.2, -0.15) is 0 Å². The Labute approximate surface area is 104 Å². The predicted octanol–water partition coefficient (Wildman–Crippen LogP) is 1.29. The van der Waals surface area contributed by atoms with E-state index in [1.807, 2.05) is 0 Å². The van der Waals surface area contributed by atoms with Crippen LogP contribution in [0.4, 0.5) is 11.4 Å². The molecule has 0 bridgehead atoms. The fraction of sp³-hybridized carbons (Fsp3) is 0.364. The number of anilines is 1. The van der Waals surface area contributed by atoms with Gasteiger partial charge >= 0.3 is 5.97 Å². The Kier molecular flexibility index (Phi) is 4.61. The van der Waals surface area contributed by atoms with Crippen molar-refractivity contribution in [2.24, 2.45) is 0 Å². The number of nitrogens with two attached hydrogens (primary N) is 1. The first-order valence-corrected chi connectivity index (χ1v) is 5.18. The molecule has 0 unspecified atom stereocenters. The summed E-state index contributed by atoms with van der Waals surface area (Å²) >= 11 is 0. The number of hydrogen-bond acceptors (Lipinski definition) is 6. The standard InChI is InChI=1S/C11H14N2O5/c1-7-5-8(11(14)18-4-3-17-2)10(12)9(6-7)13(15)16/h5-6H,3-4,12H2,1-2H3. The average Bonchev–Trinajstić information content (AvgIpc) is 2.31. The molecule has 18 heavy (non-hydrogen) atoms. The Hall–Kier alpha value is -2.15. The number of methoxy groups -OCH3 is 1. The van der Waals surface area contributed by atoms with E-state index in [1.165, 1.54) is 19.2 Å². The molecule has 0 atom stereocenters. The lowest BCUT2D eigenvalue weighted by molar-refractivity contribution is -0.384. The van der Waals surface area contributed by atoms with Gasteiger partial charge in [0.2, 0.25) is 0 Å². The fourth-order valence-electron chi connectivity index (χ4n) is 1.39. The van der Waals surface area contributed by atoms with Crippen LogP contribution in [0.3, 0.4) is 0 Å². The van der Waals surface area contributed by atoms with Crippen molar-refractivity contribution in [3.63, 3.8) is 0 Å². The molecule has 0 amide bonds. The summed E-state index contributed by atoms with van der Waals surface area (Å²) in [5.74, 6) is -0.698. The first-order chi connectivity index (χ1) is 8.47. The van der Waals surface area contributed by atoms with Crippen molar-refractivity contribution in [1.82, 2.24) is 0 Å². The van der Waals surface area contributed by atoms with Gasteiger partial charge in [-0.1, -0.05) is 0 Å². The number of rotatable bonds is 5. The fourth-order valence-corrected chi connectivity index (χ4v) is 1.39. The number of nitrogens with zero attached hydrogens (tertiary/aromatic N) is 1. The summed E-state index contributed by atoms with van der Waals surface area (Å²) in [4.78, 5) is 21.8. The quantitative estimate of drug-likeness (QED) is 0.279. The zero-order valence-electron chi connectivity index (χ0n) is 10.1. The van der Waals surface area contributed by atoms with Gasteiger partial charge in [0.25, 0.3) is 5.69 Å². The third-order valence-corrected chi connectivity index (χ3v) is 2.24. The van der Waals surface area contributed by atoms with E-state index in [4.69, 9.17) is 15.2 Å². The summed E-state index contributed by atoms with van der Waals surface area (Å²) in [5.41, 5.74) is 5.66. The minimum atomic E-state index is -0.698. The number of carbonyl (C=O) groups excluding carboxylic acids is 1. The first kappa shape index (κ1) is 13.9. The van der Waals surface area contributed by atoms with Gasteiger partial charge in [0.1, 0.15) is 12.3 Å². The predicted molar refractivity (Wildman–Crippen MR) is 64.4 cm³/mol. The van der Waals surface area contributed by atoms with Crippen molar-refractivity contribution in [2.75, 3.05) is 26.1 Å². The third-order valence-electron chi connectivity index (χ3n) is 2.24. The monoisotopic (exact) mass is 254 g/mol. The van der Waals surface area contributed by atoms with Gasteiger partial charge in [-0.05, 0) is 18.6 Å². The second-order valence-electron chi connectivity index (χ2n) is 3.63. The number of carbonyl (C=O) groups is 1. The largest absolute Gasteiger partial charge is 0.460 e. The van der Waals surface area contributed by atoms with Crippen molar-refractivity contribution < 1.29 is 19.2 Å². The summed E-state index contributed by atoms with van der Waals surface area (Å²) in [6.45, 7) is 1.95. The maximum atomic E-state index is 11.7. The normalized spacial score (nSPS) is 10.1. The van der Waals surface area contributed by atoms with Crippen molar-refractivity contribution in [2.45, 2.75) is 6.92 Å². The van der Waals surface area contributed by atoms with E-state index in [0.29, 0.717) is 5.56 Å². The molecule has 0 spiro atoms. The number of ether oxygens (including phenoxy) is 2. The minimum absolute atomic E-state index is 0.00203. The molecule has 7 nitrogen and oxygen atoms in total. The number of aryl methyl sites for hydroxylation is 1. The van der Waals surface area contributed by atoms with Crippen LogP contribution in [-0.4, -0.2) is 31.2 Å². The molecule has 1 aromatic rings. The zero-order chi connectivity index (χ0) is 13.7. The number of nitrogen functional groups attached to an aromatic ring is 1. The number of nitro groups is 1. The highest BCUT2D eigenvalue weighted by Crippen LogP contribution is 2.27. The van der Waals surface area contributed by atoms with E-state index < -0.39 is 10.9 Å². The molecule has 2 N–H and O–H groups in total. The van der Waals surface area contributed by atoms with Gasteiger partial charge in [-0.15, -0.1) is 0 Å². The van der Waals surface area contributed by atoms with E-state index in [2.05, 4.69) is 0 Å². The lowest BCUT2D eigenvalue weighted by atomic mass is 10.1. The van der Waals surface area contributed by atoms with Crippen LogP contribution < -0.4 is 5.73 Å². The SMILES string of the molecule is COCCOC(=O)c1cc(C)cc([N+](=O)[O-])c1N. The number of esters is 1. The van der Waals surface area contributed by atoms with Crippen LogP contribution in [-0.2, 0) is 9.47 Å². The zero-order valence-corrected chi connectivity index (χ0v) is 10.1. The molecule has 0 saturated heterocycles. The molecule has 0 heterocycles. The molecule has 0 radical (unpaired) electrons. The Morgan fingerprint density at radius 2 is 2.11 bits per heavy atom. The van der Waals surface area contributed by atoms with Crippen molar-refractivity contribution in [3.05, 3.63) is 33.4 Å². The van der Waals surface area contributed by atoms with Gasteiger partial charge in [0, 0.05) is 13.2 Å². The summed E-state index contributed by atoms with van der Waals surface area (Å²) in [6, 6.07) is 2.76. The molecular formula is C11H14N2O5. The van der Waals surface area contributed by atoms with Crippen LogP contribution in [0, 0.1) is 17.0 Å². The van der Waals surface area contributed by atoms with Crippen LogP contribution in [0.25, 0.3) is 0 Å². The Balaban J connectivity index is 3.01. The average molecular weight is 254 g/mol. The summed E-state index contributed by atoms with van der Waals surface area (Å²) in [5, 5.41) is 10.8. The molecule has 7 heteroatoms. The maximum Gasteiger partial charge on any atom is 0.340 e. The number of hydrogen-bond donors (Lipinski definition) is 1. The lowest BCUT2D eigenvalue weighted by Gasteiger charge is -2.08. The highest BCUT2D eigenvalue weighted by Gasteiger charge is 2.21. The molecule has 1 aromatic carbocycles. The van der Waals surface area contributed by atoms with Gasteiger partial charge in [-0.25, -0.2) is 4.79 Å². The molecule has 0 aliphatic heterocycles. The van der Waals surface area contributed by atoms with E-state index in [9.17, 15) is 14.9 Å². The van der Waals surface area contributed by atoms with Gasteiger partial charge in [0.05, 0.1) is 17.1 Å². The second kappa shape index (κ2) is 5.97. The van der Waals surface area contributed by atoms with Gasteiger partial charge < -0.3 is 15.2 Å². The van der Waals surface area contributed by atoms with E-state index >= 15 is 0 Å². The topological polar surface area (TPSA) is 105 Å². The van der Waals surface area contributed by atoms with Gasteiger partial charge in [0.15, 0.2) is 0 Å². The van der Waals surface area contributed by atoms with Crippen LogP contribution in [0.2, 0.25) is 0 Å². The van der Waals surface area contributed by atoms with Crippen LogP contribution in [0.1, 0.15) is 15.9 Å². The van der Waals surface area contributed by atoms with Gasteiger partial charge in [-0.3, -0.25) is 10.1 Å². The summed E-state index contributed by atoms with van der Waals surface area (Å²) < 4.78 is 9.60. The minimum Gasteiger partial charge on any atom is -0.460 e. The summed E-state index contributed by atoms with van der Waals surface area (Å²) in [6.07, 6.45) is 0. The molecule has 98 valence electrons. The smallest absolute Gasteiger partial charge is 0.340 e. The van der Waals surface area contributed by atoms with E-state index in [1.54, 1.807) is 6.92 Å². The van der Waals surface area contributed by atoms with Crippen molar-refractivity contribution >= 4 is 17.3 Å². The van der Waals surface area contributed by atoms with E-state index in [0.717, 1.165) is 0 Å². The van der Waals surface area contributed by atoms with Crippen LogP contribution in [0.15, 0.2) is 12.1 Å². The number of nitro benzene ring substituents is 1. The molecular weight excluding hydrogens is 240 g/mol. The Morgan fingerprint density at radius 1 is 1.44 bits per heavy atom. The maximum absolute atomic E-state index is 11.7. The molecule has 1 rings (SSSR count). The van der Waals surface area contributed by atoms with Crippen LogP contribution in [0.5, 0.6) is 0 Å². The molecule has 0 aliphatic carbocycles.